The summed E-state index contributed by atoms with van der Waals surface area (Å²) in [5, 5.41) is 4.76. The van der Waals surface area contributed by atoms with Crippen molar-refractivity contribution in [1.29, 1.82) is 0 Å². The predicted octanol–water partition coefficient (Wildman–Crippen LogP) is -0.783. The molecule has 7 nitrogen and oxygen atoms in total. The Morgan fingerprint density at radius 1 is 1.15 bits per heavy atom. The van der Waals surface area contributed by atoms with E-state index in [2.05, 4.69) is 15.4 Å². The summed E-state index contributed by atoms with van der Waals surface area (Å²) in [6, 6.07) is 6.94. The van der Waals surface area contributed by atoms with Crippen LogP contribution in [0.25, 0.3) is 0 Å². The van der Waals surface area contributed by atoms with Crippen LogP contribution in [0.2, 0.25) is 0 Å². The molecular weight excluding hydrogens is 262 g/mol. The van der Waals surface area contributed by atoms with Crippen molar-refractivity contribution in [2.45, 2.75) is 6.42 Å². The van der Waals surface area contributed by atoms with Crippen LogP contribution in [0, 0.1) is 0 Å². The standard InChI is InChI=1S/C13H17N3O4/c1-20-13(19)8-16-12(18)7-15-11(17)6-9-3-2-4-10(14)5-9/h2-5H,6-8,14H2,1H3,(H,15,17)(H,16,18). The van der Waals surface area contributed by atoms with Crippen molar-refractivity contribution in [2.24, 2.45) is 0 Å². The molecule has 0 fully saturated rings. The summed E-state index contributed by atoms with van der Waals surface area (Å²) in [7, 11) is 1.22. The van der Waals surface area contributed by atoms with Crippen LogP contribution in [-0.2, 0) is 25.5 Å². The topological polar surface area (TPSA) is 111 Å². The maximum absolute atomic E-state index is 11.6. The maximum atomic E-state index is 11.6. The van der Waals surface area contributed by atoms with E-state index in [0.29, 0.717) is 5.69 Å². The number of nitrogens with two attached hydrogens (primary N) is 1. The molecule has 108 valence electrons. The Morgan fingerprint density at radius 2 is 1.85 bits per heavy atom. The summed E-state index contributed by atoms with van der Waals surface area (Å²) in [6.07, 6.45) is 0.134. The molecule has 0 unspecified atom stereocenters. The lowest BCUT2D eigenvalue weighted by Crippen LogP contribution is -2.39. The molecule has 1 aromatic rings. The maximum Gasteiger partial charge on any atom is 0.325 e. The van der Waals surface area contributed by atoms with Crippen molar-refractivity contribution < 1.29 is 19.1 Å². The number of esters is 1. The highest BCUT2D eigenvalue weighted by atomic mass is 16.5. The van der Waals surface area contributed by atoms with Crippen LogP contribution in [0.5, 0.6) is 0 Å². The normalized spacial score (nSPS) is 9.65. The zero-order valence-electron chi connectivity index (χ0n) is 11.1. The second-order valence-corrected chi connectivity index (χ2v) is 4.05. The highest BCUT2D eigenvalue weighted by Gasteiger charge is 2.08. The van der Waals surface area contributed by atoms with Crippen LogP contribution in [0.3, 0.4) is 0 Å². The molecule has 0 spiro atoms. The predicted molar refractivity (Wildman–Crippen MR) is 72.6 cm³/mol. The van der Waals surface area contributed by atoms with Crippen LogP contribution < -0.4 is 16.4 Å². The number of hydrogen-bond acceptors (Lipinski definition) is 5. The Bertz CT molecular complexity index is 502. The van der Waals surface area contributed by atoms with Crippen molar-refractivity contribution in [3.8, 4) is 0 Å². The Kier molecular flexibility index (Phi) is 6.02. The number of methoxy groups -OCH3 is 1. The van der Waals surface area contributed by atoms with Gasteiger partial charge < -0.3 is 21.1 Å². The third-order valence-electron chi connectivity index (χ3n) is 2.42. The van der Waals surface area contributed by atoms with Crippen LogP contribution in [0.4, 0.5) is 5.69 Å². The van der Waals surface area contributed by atoms with Gasteiger partial charge in [0.2, 0.25) is 11.8 Å². The minimum atomic E-state index is -0.551. The van der Waals surface area contributed by atoms with E-state index in [1.807, 2.05) is 0 Å². The minimum absolute atomic E-state index is 0.134. The molecule has 0 radical (unpaired) electrons. The summed E-state index contributed by atoms with van der Waals surface area (Å²) < 4.78 is 4.36. The number of ether oxygens (including phenoxy) is 1. The molecule has 4 N–H and O–H groups in total. The number of carbonyl (C=O) groups excluding carboxylic acids is 3. The Hall–Kier alpha value is -2.57. The first-order valence-corrected chi connectivity index (χ1v) is 5.96. The summed E-state index contributed by atoms with van der Waals surface area (Å²) >= 11 is 0. The minimum Gasteiger partial charge on any atom is -0.468 e. The third kappa shape index (κ3) is 5.85. The first kappa shape index (κ1) is 15.5. The molecule has 0 aliphatic carbocycles. The smallest absolute Gasteiger partial charge is 0.325 e. The van der Waals surface area contributed by atoms with Gasteiger partial charge in [0.15, 0.2) is 0 Å². The number of rotatable bonds is 6. The number of amides is 2. The summed E-state index contributed by atoms with van der Waals surface area (Å²) in [4.78, 5) is 33.7. The number of anilines is 1. The molecule has 0 heterocycles. The van der Waals surface area contributed by atoms with Gasteiger partial charge >= 0.3 is 5.97 Å². The van der Waals surface area contributed by atoms with Gasteiger partial charge in [0.05, 0.1) is 20.1 Å². The van der Waals surface area contributed by atoms with E-state index >= 15 is 0 Å². The van der Waals surface area contributed by atoms with Gasteiger partial charge in [-0.05, 0) is 17.7 Å². The first-order chi connectivity index (χ1) is 9.51. The van der Waals surface area contributed by atoms with Crippen LogP contribution in [-0.4, -0.2) is 38.0 Å². The number of carbonyl (C=O) groups is 3. The van der Waals surface area contributed by atoms with E-state index in [-0.39, 0.29) is 25.4 Å². The number of benzene rings is 1. The number of hydrogen-bond donors (Lipinski definition) is 3. The molecule has 0 aromatic heterocycles. The van der Waals surface area contributed by atoms with Crippen molar-refractivity contribution in [3.05, 3.63) is 29.8 Å². The largest absolute Gasteiger partial charge is 0.468 e. The molecule has 2 amide bonds. The lowest BCUT2D eigenvalue weighted by atomic mass is 10.1. The van der Waals surface area contributed by atoms with E-state index in [9.17, 15) is 14.4 Å². The molecule has 20 heavy (non-hydrogen) atoms. The van der Waals surface area contributed by atoms with Gasteiger partial charge in [0, 0.05) is 5.69 Å². The summed E-state index contributed by atoms with van der Waals surface area (Å²) in [5.41, 5.74) is 6.93. The van der Waals surface area contributed by atoms with Gasteiger partial charge in [-0.2, -0.15) is 0 Å². The van der Waals surface area contributed by atoms with Crippen LogP contribution >= 0.6 is 0 Å². The van der Waals surface area contributed by atoms with Gasteiger partial charge in [0.1, 0.15) is 6.54 Å². The van der Waals surface area contributed by atoms with Crippen molar-refractivity contribution in [3.63, 3.8) is 0 Å². The van der Waals surface area contributed by atoms with Crippen LogP contribution in [0.15, 0.2) is 24.3 Å². The highest BCUT2D eigenvalue weighted by molar-refractivity contribution is 5.87. The summed E-state index contributed by atoms with van der Waals surface area (Å²) in [6.45, 7) is -0.418. The van der Waals surface area contributed by atoms with E-state index < -0.39 is 11.9 Å². The first-order valence-electron chi connectivity index (χ1n) is 5.96. The number of nitrogens with one attached hydrogen (secondary N) is 2. The lowest BCUT2D eigenvalue weighted by molar-refractivity contribution is -0.141. The zero-order valence-corrected chi connectivity index (χ0v) is 11.1. The highest BCUT2D eigenvalue weighted by Crippen LogP contribution is 2.06. The second-order valence-electron chi connectivity index (χ2n) is 4.05. The molecule has 0 aliphatic rings. The lowest BCUT2D eigenvalue weighted by Gasteiger charge is -2.06. The van der Waals surface area contributed by atoms with E-state index in [1.165, 1.54) is 7.11 Å². The van der Waals surface area contributed by atoms with Crippen molar-refractivity contribution in [1.82, 2.24) is 10.6 Å². The summed E-state index contributed by atoms with van der Waals surface area (Å²) in [5.74, 6) is -1.32. The fraction of sp³-hybridized carbons (Fsp3) is 0.308. The molecule has 0 bridgehead atoms. The average Bonchev–Trinajstić information content (AvgIpc) is 2.42. The van der Waals surface area contributed by atoms with Crippen molar-refractivity contribution >= 4 is 23.5 Å². The average molecular weight is 279 g/mol. The SMILES string of the molecule is COC(=O)CNC(=O)CNC(=O)Cc1cccc(N)c1. The molecule has 0 saturated heterocycles. The fourth-order valence-electron chi connectivity index (χ4n) is 1.44. The quantitative estimate of drug-likeness (QED) is 0.467. The Labute approximate surface area is 116 Å². The van der Waals surface area contributed by atoms with Gasteiger partial charge in [-0.1, -0.05) is 12.1 Å². The zero-order chi connectivity index (χ0) is 15.0. The third-order valence-corrected chi connectivity index (χ3v) is 2.42. The van der Waals surface area contributed by atoms with Gasteiger partial charge in [-0.25, -0.2) is 0 Å². The van der Waals surface area contributed by atoms with E-state index in [0.717, 1.165) is 5.56 Å². The Balaban J connectivity index is 2.29. The molecular formula is C13H17N3O4. The van der Waals surface area contributed by atoms with Gasteiger partial charge in [-0.3, -0.25) is 14.4 Å². The molecule has 1 aromatic carbocycles. The second kappa shape index (κ2) is 7.78. The number of nitrogen functional groups attached to an aromatic ring is 1. The van der Waals surface area contributed by atoms with Crippen LogP contribution in [0.1, 0.15) is 5.56 Å². The van der Waals surface area contributed by atoms with E-state index in [1.54, 1.807) is 24.3 Å². The van der Waals surface area contributed by atoms with Gasteiger partial charge in [-0.15, -0.1) is 0 Å². The van der Waals surface area contributed by atoms with Gasteiger partial charge in [0.25, 0.3) is 0 Å². The van der Waals surface area contributed by atoms with E-state index in [4.69, 9.17) is 5.73 Å². The van der Waals surface area contributed by atoms with Crippen molar-refractivity contribution in [2.75, 3.05) is 25.9 Å². The molecule has 1 rings (SSSR count). The molecule has 0 aliphatic heterocycles. The molecule has 0 saturated carbocycles. The Morgan fingerprint density at radius 3 is 2.50 bits per heavy atom. The monoisotopic (exact) mass is 279 g/mol. The molecule has 7 heteroatoms. The molecule has 0 atom stereocenters. The fourth-order valence-corrected chi connectivity index (χ4v) is 1.44.